The summed E-state index contributed by atoms with van der Waals surface area (Å²) in [5, 5.41) is 7.33. The quantitative estimate of drug-likeness (QED) is 0.259. The number of aromatic nitrogens is 1. The van der Waals surface area contributed by atoms with Crippen LogP contribution in [0.5, 0.6) is 5.75 Å². The first kappa shape index (κ1) is 21.5. The lowest BCUT2D eigenvalue weighted by molar-refractivity contribution is 0.0952. The molecule has 0 unspecified atom stereocenters. The number of para-hydroxylation sites is 1. The predicted octanol–water partition coefficient (Wildman–Crippen LogP) is 5.92. The van der Waals surface area contributed by atoms with Crippen molar-refractivity contribution in [1.29, 1.82) is 0 Å². The summed E-state index contributed by atoms with van der Waals surface area (Å²) in [6, 6.07) is 28.3. The normalized spacial score (nSPS) is 11.4. The van der Waals surface area contributed by atoms with Crippen LogP contribution in [-0.2, 0) is 6.54 Å². The largest absolute Gasteiger partial charge is 0.496 e. The van der Waals surface area contributed by atoms with Gasteiger partial charge in [-0.3, -0.25) is 4.79 Å². The Hall–Kier alpha value is -4.38. The number of ether oxygens (including phenoxy) is 1. The Morgan fingerprint density at radius 1 is 0.971 bits per heavy atom. The molecule has 0 saturated carbocycles. The second-order valence-electron chi connectivity index (χ2n) is 8.32. The van der Waals surface area contributed by atoms with Crippen LogP contribution in [0.4, 0.5) is 0 Å². The van der Waals surface area contributed by atoms with Gasteiger partial charge in [-0.25, -0.2) is 5.43 Å². The van der Waals surface area contributed by atoms with Crippen LogP contribution in [0, 0.1) is 6.92 Å². The molecule has 5 heteroatoms. The molecule has 1 heterocycles. The maximum Gasteiger partial charge on any atom is 0.275 e. The standard InChI is InChI=1S/C29H25N3O2/c1-20-8-7-9-21(14-20)18-32-19-24(25-12-5-6-13-27(25)32)17-30-31-29(33)26-15-22-10-3-4-11-23(22)16-28(26)34-2/h3-17,19H,18H2,1-2H3,(H,31,33)/b30-17-. The first-order chi connectivity index (χ1) is 16.6. The molecule has 0 atom stereocenters. The molecule has 5 nitrogen and oxygen atoms in total. The fourth-order valence-corrected chi connectivity index (χ4v) is 4.30. The third-order valence-electron chi connectivity index (χ3n) is 5.94. The second kappa shape index (κ2) is 9.24. The monoisotopic (exact) mass is 447 g/mol. The van der Waals surface area contributed by atoms with Crippen LogP contribution in [0.1, 0.15) is 27.0 Å². The van der Waals surface area contributed by atoms with Crippen molar-refractivity contribution in [3.05, 3.63) is 113 Å². The van der Waals surface area contributed by atoms with Crippen molar-refractivity contribution < 1.29 is 9.53 Å². The van der Waals surface area contributed by atoms with Gasteiger partial charge in [-0.2, -0.15) is 5.10 Å². The number of rotatable bonds is 6. The average molecular weight is 448 g/mol. The Morgan fingerprint density at radius 2 is 1.74 bits per heavy atom. The molecule has 4 aromatic carbocycles. The first-order valence-corrected chi connectivity index (χ1v) is 11.2. The summed E-state index contributed by atoms with van der Waals surface area (Å²) in [4.78, 5) is 12.9. The summed E-state index contributed by atoms with van der Waals surface area (Å²) in [5.41, 5.74) is 7.64. The van der Waals surface area contributed by atoms with Gasteiger partial charge in [0, 0.05) is 29.2 Å². The van der Waals surface area contributed by atoms with E-state index in [1.54, 1.807) is 13.3 Å². The van der Waals surface area contributed by atoms with Crippen LogP contribution in [0.3, 0.4) is 0 Å². The molecule has 0 aliphatic rings. The van der Waals surface area contributed by atoms with E-state index in [1.807, 2.05) is 48.5 Å². The van der Waals surface area contributed by atoms with Gasteiger partial charge in [0.25, 0.3) is 5.91 Å². The summed E-state index contributed by atoms with van der Waals surface area (Å²) in [5.74, 6) is 0.198. The molecule has 0 spiro atoms. The van der Waals surface area contributed by atoms with Gasteiger partial charge >= 0.3 is 0 Å². The molecule has 1 aromatic heterocycles. The van der Waals surface area contributed by atoms with Crippen LogP contribution in [-0.4, -0.2) is 23.8 Å². The van der Waals surface area contributed by atoms with Crippen LogP contribution in [0.25, 0.3) is 21.7 Å². The van der Waals surface area contributed by atoms with Crippen molar-refractivity contribution in [1.82, 2.24) is 9.99 Å². The third kappa shape index (κ3) is 4.28. The van der Waals surface area contributed by atoms with Crippen molar-refractivity contribution in [2.24, 2.45) is 5.10 Å². The number of nitrogens with one attached hydrogen (secondary N) is 1. The van der Waals surface area contributed by atoms with Gasteiger partial charge in [-0.05, 0) is 41.5 Å². The fraction of sp³-hybridized carbons (Fsp3) is 0.103. The third-order valence-corrected chi connectivity index (χ3v) is 5.94. The molecule has 34 heavy (non-hydrogen) atoms. The number of methoxy groups -OCH3 is 1. The maximum atomic E-state index is 12.9. The van der Waals surface area contributed by atoms with Crippen LogP contribution in [0.15, 0.2) is 96.2 Å². The lowest BCUT2D eigenvalue weighted by Gasteiger charge is -2.09. The van der Waals surface area contributed by atoms with E-state index >= 15 is 0 Å². The highest BCUT2D eigenvalue weighted by Gasteiger charge is 2.13. The van der Waals surface area contributed by atoms with E-state index in [9.17, 15) is 4.79 Å². The van der Waals surface area contributed by atoms with E-state index in [1.165, 1.54) is 11.1 Å². The molecular formula is C29H25N3O2. The molecule has 1 amide bonds. The van der Waals surface area contributed by atoms with Crippen LogP contribution < -0.4 is 10.2 Å². The van der Waals surface area contributed by atoms with E-state index in [4.69, 9.17) is 4.74 Å². The minimum absolute atomic E-state index is 0.317. The van der Waals surface area contributed by atoms with Crippen molar-refractivity contribution >= 4 is 33.8 Å². The molecule has 1 N–H and O–H groups in total. The lowest BCUT2D eigenvalue weighted by Crippen LogP contribution is -2.18. The number of hydrazone groups is 1. The molecule has 0 bridgehead atoms. The highest BCUT2D eigenvalue weighted by Crippen LogP contribution is 2.26. The van der Waals surface area contributed by atoms with Gasteiger partial charge in [0.15, 0.2) is 0 Å². The van der Waals surface area contributed by atoms with Crippen molar-refractivity contribution in [3.63, 3.8) is 0 Å². The highest BCUT2D eigenvalue weighted by atomic mass is 16.5. The number of hydrogen-bond acceptors (Lipinski definition) is 3. The number of carbonyl (C=O) groups excluding carboxylic acids is 1. The number of fused-ring (bicyclic) bond motifs is 2. The predicted molar refractivity (Wildman–Crippen MR) is 138 cm³/mol. The topological polar surface area (TPSA) is 55.6 Å². The Bertz CT molecular complexity index is 1530. The second-order valence-corrected chi connectivity index (χ2v) is 8.32. The zero-order valence-corrected chi connectivity index (χ0v) is 19.2. The minimum Gasteiger partial charge on any atom is -0.496 e. The van der Waals surface area contributed by atoms with E-state index in [0.29, 0.717) is 11.3 Å². The number of carbonyl (C=O) groups is 1. The van der Waals surface area contributed by atoms with Crippen molar-refractivity contribution in [2.45, 2.75) is 13.5 Å². The summed E-state index contributed by atoms with van der Waals surface area (Å²) in [7, 11) is 1.56. The maximum absolute atomic E-state index is 12.9. The number of benzene rings is 4. The molecule has 5 aromatic rings. The first-order valence-electron chi connectivity index (χ1n) is 11.2. The summed E-state index contributed by atoms with van der Waals surface area (Å²) < 4.78 is 7.66. The fourth-order valence-electron chi connectivity index (χ4n) is 4.30. The average Bonchev–Trinajstić information content (AvgIpc) is 3.20. The van der Waals surface area contributed by atoms with Crippen LogP contribution in [0.2, 0.25) is 0 Å². The lowest BCUT2D eigenvalue weighted by atomic mass is 10.1. The SMILES string of the molecule is COc1cc2ccccc2cc1C(=O)N/N=C\c1cn(Cc2cccc(C)c2)c2ccccc12. The number of amides is 1. The van der Waals surface area contributed by atoms with E-state index in [0.717, 1.165) is 33.8 Å². The Balaban J connectivity index is 1.40. The van der Waals surface area contributed by atoms with Gasteiger partial charge in [-0.15, -0.1) is 0 Å². The summed E-state index contributed by atoms with van der Waals surface area (Å²) in [6.07, 6.45) is 3.76. The molecular weight excluding hydrogens is 422 g/mol. The summed E-state index contributed by atoms with van der Waals surface area (Å²) in [6.45, 7) is 2.86. The van der Waals surface area contributed by atoms with Gasteiger partial charge in [0.2, 0.25) is 0 Å². The molecule has 0 saturated heterocycles. The molecule has 0 aliphatic carbocycles. The number of hydrogen-bond donors (Lipinski definition) is 1. The highest BCUT2D eigenvalue weighted by molar-refractivity contribution is 6.03. The van der Waals surface area contributed by atoms with Gasteiger partial charge < -0.3 is 9.30 Å². The molecule has 5 rings (SSSR count). The smallest absolute Gasteiger partial charge is 0.275 e. The number of nitrogens with zero attached hydrogens (tertiary/aromatic N) is 2. The van der Waals surface area contributed by atoms with E-state index < -0.39 is 0 Å². The van der Waals surface area contributed by atoms with Crippen molar-refractivity contribution in [3.8, 4) is 5.75 Å². The van der Waals surface area contributed by atoms with E-state index in [-0.39, 0.29) is 5.91 Å². The zero-order valence-electron chi connectivity index (χ0n) is 19.2. The Labute approximate surface area is 198 Å². The van der Waals surface area contributed by atoms with Crippen molar-refractivity contribution in [2.75, 3.05) is 7.11 Å². The number of aryl methyl sites for hydroxylation is 1. The van der Waals surface area contributed by atoms with Gasteiger partial charge in [0.1, 0.15) is 5.75 Å². The minimum atomic E-state index is -0.317. The van der Waals surface area contributed by atoms with Crippen LogP contribution >= 0.6 is 0 Å². The Morgan fingerprint density at radius 3 is 2.53 bits per heavy atom. The molecule has 0 fully saturated rings. The van der Waals surface area contributed by atoms with Gasteiger partial charge in [0.05, 0.1) is 18.9 Å². The molecule has 168 valence electrons. The zero-order chi connectivity index (χ0) is 23.5. The molecule has 0 radical (unpaired) electrons. The van der Waals surface area contributed by atoms with E-state index in [2.05, 4.69) is 64.6 Å². The Kier molecular flexibility index (Phi) is 5.83. The molecule has 0 aliphatic heterocycles. The summed E-state index contributed by atoms with van der Waals surface area (Å²) >= 11 is 0. The van der Waals surface area contributed by atoms with Gasteiger partial charge in [-0.1, -0.05) is 72.3 Å².